The number of carbonyl (C=O) groups is 1. The summed E-state index contributed by atoms with van der Waals surface area (Å²) < 4.78 is 18.5. The normalized spacial score (nSPS) is 20.5. The number of anilines is 1. The second-order valence-corrected chi connectivity index (χ2v) is 9.17. The van der Waals surface area contributed by atoms with Crippen LogP contribution in [-0.2, 0) is 11.1 Å². The number of hydrogen-bond donors (Lipinski definition) is 0. The van der Waals surface area contributed by atoms with Gasteiger partial charge in [-0.25, -0.2) is 4.67 Å². The van der Waals surface area contributed by atoms with E-state index in [1.54, 1.807) is 42.6 Å². The molecule has 1 heterocycles. The Hall–Kier alpha value is -1.81. The van der Waals surface area contributed by atoms with Gasteiger partial charge in [0.25, 0.3) is 5.91 Å². The quantitative estimate of drug-likeness (QED) is 0.770. The molecule has 0 radical (unpaired) electrons. The summed E-state index contributed by atoms with van der Waals surface area (Å²) in [6.07, 6.45) is 0. The highest BCUT2D eigenvalue weighted by atomic mass is 35.5. The number of rotatable bonds is 3. The predicted octanol–water partition coefficient (Wildman–Crippen LogP) is 4.10. The molecule has 0 saturated carbocycles. The molecule has 3 rings (SSSR count). The number of hydrogen-bond acceptors (Lipinski definition) is 2. The molecule has 126 valence electrons. The highest BCUT2D eigenvalue weighted by molar-refractivity contribution is 7.61. The van der Waals surface area contributed by atoms with E-state index in [-0.39, 0.29) is 12.5 Å². The predicted molar refractivity (Wildman–Crippen MR) is 97.5 cm³/mol. The van der Waals surface area contributed by atoms with Crippen molar-refractivity contribution in [2.75, 3.05) is 25.8 Å². The third-order valence-electron chi connectivity index (χ3n) is 4.22. The number of benzene rings is 2. The summed E-state index contributed by atoms with van der Waals surface area (Å²) in [7, 11) is 1.93. The first-order valence-corrected chi connectivity index (χ1v) is 9.48. The fourth-order valence-electron chi connectivity index (χ4n) is 2.93. The third-order valence-corrected chi connectivity index (χ3v) is 7.58. The van der Waals surface area contributed by atoms with Crippen molar-refractivity contribution < 1.29 is 9.36 Å². The number of halogens is 1. The lowest BCUT2D eigenvalue weighted by molar-refractivity contribution is 0.0840. The minimum absolute atomic E-state index is 0.187. The molecule has 0 spiro atoms. The Morgan fingerprint density at radius 2 is 1.71 bits per heavy atom. The van der Waals surface area contributed by atoms with Crippen LogP contribution in [0.1, 0.15) is 15.9 Å². The first kappa shape index (κ1) is 17.0. The molecule has 2 aromatic rings. The zero-order valence-corrected chi connectivity index (χ0v) is 15.5. The molecule has 0 saturated heterocycles. The third kappa shape index (κ3) is 2.53. The molecule has 0 fully saturated rings. The second-order valence-electron chi connectivity index (χ2n) is 5.86. The van der Waals surface area contributed by atoms with Gasteiger partial charge in [-0.15, -0.1) is 0 Å². The van der Waals surface area contributed by atoms with Gasteiger partial charge in [-0.05, 0) is 37.9 Å². The van der Waals surface area contributed by atoms with Crippen LogP contribution in [0.4, 0.5) is 5.69 Å². The Balaban J connectivity index is 2.14. The fraction of sp³-hybridized carbons (Fsp3) is 0.235. The van der Waals surface area contributed by atoms with Crippen LogP contribution in [0.15, 0.2) is 48.5 Å². The minimum Gasteiger partial charge on any atom is -0.297 e. The largest absolute Gasteiger partial charge is 0.337 e. The van der Waals surface area contributed by atoms with Gasteiger partial charge < -0.3 is 0 Å². The molecule has 0 aliphatic carbocycles. The number of carbonyl (C=O) groups excluding carboxylic acids is 1. The van der Waals surface area contributed by atoms with Gasteiger partial charge in [0.05, 0.1) is 17.8 Å². The van der Waals surface area contributed by atoms with E-state index >= 15 is 0 Å². The minimum atomic E-state index is -3.27. The van der Waals surface area contributed by atoms with Crippen molar-refractivity contribution in [2.24, 2.45) is 0 Å². The van der Waals surface area contributed by atoms with Gasteiger partial charge in [0.1, 0.15) is 0 Å². The van der Waals surface area contributed by atoms with E-state index in [2.05, 4.69) is 0 Å². The molecular formula is C17H19ClN3O2P. The molecule has 24 heavy (non-hydrogen) atoms. The molecule has 1 amide bonds. The zero-order valence-electron chi connectivity index (χ0n) is 13.8. The summed E-state index contributed by atoms with van der Waals surface area (Å²) in [6.45, 7) is 0.187. The van der Waals surface area contributed by atoms with E-state index in [1.165, 1.54) is 4.67 Å². The van der Waals surface area contributed by atoms with Crippen LogP contribution in [0, 0.1) is 0 Å². The van der Waals surface area contributed by atoms with Gasteiger partial charge in [-0.1, -0.05) is 41.9 Å². The average Bonchev–Trinajstić information content (AvgIpc) is 2.58. The number of nitrogens with zero attached hydrogens (tertiary/aromatic N) is 3. The van der Waals surface area contributed by atoms with Gasteiger partial charge in [0, 0.05) is 12.1 Å². The topological polar surface area (TPSA) is 43.9 Å². The standard InChI is InChI=1S/C17H19ClN3O2P/c1-19(2)24(23)20(3)16-11-7-5-9-14(16)17(22)21(24)12-13-8-4-6-10-15(13)18/h4-11H,12H2,1-3H3. The van der Waals surface area contributed by atoms with Crippen LogP contribution in [0.3, 0.4) is 0 Å². The summed E-state index contributed by atoms with van der Waals surface area (Å²) >= 11 is 6.25. The zero-order chi connectivity index (χ0) is 17.5. The number of fused-ring (bicyclic) bond motifs is 1. The molecule has 0 aromatic heterocycles. The van der Waals surface area contributed by atoms with Crippen LogP contribution >= 0.6 is 19.2 Å². The molecule has 1 atom stereocenters. The smallest absolute Gasteiger partial charge is 0.297 e. The number of amides is 1. The number of para-hydroxylation sites is 1. The summed E-state index contributed by atoms with van der Waals surface area (Å²) in [6, 6.07) is 14.5. The van der Waals surface area contributed by atoms with Crippen molar-refractivity contribution in [1.29, 1.82) is 0 Å². The van der Waals surface area contributed by atoms with Crippen LogP contribution in [0.25, 0.3) is 0 Å². The van der Waals surface area contributed by atoms with Gasteiger partial charge in [0.15, 0.2) is 0 Å². The maximum Gasteiger partial charge on any atom is 0.337 e. The fourth-order valence-corrected chi connectivity index (χ4v) is 5.56. The first-order valence-electron chi connectivity index (χ1n) is 7.54. The summed E-state index contributed by atoms with van der Waals surface area (Å²) in [5, 5.41) is 0.553. The molecule has 7 heteroatoms. The molecule has 1 aliphatic rings. The van der Waals surface area contributed by atoms with E-state index < -0.39 is 7.59 Å². The van der Waals surface area contributed by atoms with E-state index in [9.17, 15) is 9.36 Å². The van der Waals surface area contributed by atoms with E-state index in [4.69, 9.17) is 11.6 Å². The van der Waals surface area contributed by atoms with E-state index in [1.807, 2.05) is 36.4 Å². The summed E-state index contributed by atoms with van der Waals surface area (Å²) in [5.74, 6) is -0.249. The lowest BCUT2D eigenvalue weighted by Crippen LogP contribution is -2.44. The lowest BCUT2D eigenvalue weighted by Gasteiger charge is -2.45. The highest BCUT2D eigenvalue weighted by Crippen LogP contribution is 2.60. The van der Waals surface area contributed by atoms with Crippen molar-refractivity contribution in [1.82, 2.24) is 9.34 Å². The Morgan fingerprint density at radius 3 is 2.38 bits per heavy atom. The molecule has 1 aliphatic heterocycles. The molecule has 1 unspecified atom stereocenters. The van der Waals surface area contributed by atoms with Crippen LogP contribution in [0.5, 0.6) is 0 Å². The van der Waals surface area contributed by atoms with Crippen LogP contribution < -0.4 is 4.67 Å². The molecular weight excluding hydrogens is 345 g/mol. The average molecular weight is 364 g/mol. The molecule has 0 N–H and O–H groups in total. The Kier molecular flexibility index (Phi) is 4.43. The Bertz CT molecular complexity index is 840. The van der Waals surface area contributed by atoms with Gasteiger partial charge in [-0.2, -0.15) is 0 Å². The van der Waals surface area contributed by atoms with E-state index in [0.29, 0.717) is 16.3 Å². The van der Waals surface area contributed by atoms with Crippen LogP contribution in [0.2, 0.25) is 5.02 Å². The Labute approximate surface area is 147 Å². The van der Waals surface area contributed by atoms with Crippen molar-refractivity contribution >= 4 is 30.8 Å². The Morgan fingerprint density at radius 1 is 1.08 bits per heavy atom. The molecule has 2 aromatic carbocycles. The van der Waals surface area contributed by atoms with Gasteiger partial charge in [-0.3, -0.25) is 18.7 Å². The van der Waals surface area contributed by atoms with Gasteiger partial charge >= 0.3 is 7.59 Å². The maximum atomic E-state index is 13.8. The summed E-state index contributed by atoms with van der Waals surface area (Å²) in [4.78, 5) is 13.1. The van der Waals surface area contributed by atoms with Crippen molar-refractivity contribution in [3.8, 4) is 0 Å². The maximum absolute atomic E-state index is 13.8. The SMILES string of the molecule is CN(C)P1(=O)N(Cc2ccccc2Cl)C(=O)c2ccccc2N1C. The second kappa shape index (κ2) is 6.25. The van der Waals surface area contributed by atoms with Crippen molar-refractivity contribution in [2.45, 2.75) is 6.54 Å². The summed E-state index contributed by atoms with van der Waals surface area (Å²) in [5.41, 5.74) is 1.98. The van der Waals surface area contributed by atoms with Crippen molar-refractivity contribution in [3.63, 3.8) is 0 Å². The first-order chi connectivity index (χ1) is 11.4. The molecule has 0 bridgehead atoms. The molecule has 5 nitrogen and oxygen atoms in total. The van der Waals surface area contributed by atoms with Gasteiger partial charge in [0.2, 0.25) is 0 Å². The van der Waals surface area contributed by atoms with E-state index in [0.717, 1.165) is 5.56 Å². The lowest BCUT2D eigenvalue weighted by atomic mass is 10.1. The van der Waals surface area contributed by atoms with Crippen LogP contribution in [-0.4, -0.2) is 36.4 Å². The highest BCUT2D eigenvalue weighted by Gasteiger charge is 2.46. The monoisotopic (exact) mass is 363 g/mol. The van der Waals surface area contributed by atoms with Crippen molar-refractivity contribution in [3.05, 3.63) is 64.7 Å².